The van der Waals surface area contributed by atoms with Crippen LogP contribution in [-0.2, 0) is 15.7 Å². The van der Waals surface area contributed by atoms with Crippen LogP contribution in [-0.4, -0.2) is 32.2 Å². The first-order valence-corrected chi connectivity index (χ1v) is 9.41. The molecule has 0 bridgehead atoms. The third-order valence-electron chi connectivity index (χ3n) is 4.77. The lowest BCUT2D eigenvalue weighted by Gasteiger charge is -2.29. The van der Waals surface area contributed by atoms with Gasteiger partial charge >= 0.3 is 6.18 Å². The van der Waals surface area contributed by atoms with Gasteiger partial charge in [0, 0.05) is 24.9 Å². The van der Waals surface area contributed by atoms with Gasteiger partial charge in [-0.2, -0.15) is 13.2 Å². The first-order chi connectivity index (χ1) is 13.8. The van der Waals surface area contributed by atoms with Gasteiger partial charge in [0.25, 0.3) is 0 Å². The highest BCUT2D eigenvalue weighted by Crippen LogP contribution is 2.29. The van der Waals surface area contributed by atoms with E-state index in [-0.39, 0.29) is 11.9 Å². The number of ether oxygens (including phenoxy) is 1. The van der Waals surface area contributed by atoms with E-state index in [9.17, 15) is 18.0 Å². The van der Waals surface area contributed by atoms with Gasteiger partial charge < -0.3 is 15.0 Å². The van der Waals surface area contributed by atoms with Crippen LogP contribution in [0.15, 0.2) is 54.6 Å². The fourth-order valence-electron chi connectivity index (χ4n) is 3.11. The maximum atomic E-state index is 12.6. The molecular formula is C22H23F3N2O2. The molecule has 1 fully saturated rings. The number of nitrogens with one attached hydrogen (secondary N) is 1. The molecule has 154 valence electrons. The molecule has 4 nitrogen and oxygen atoms in total. The zero-order valence-corrected chi connectivity index (χ0v) is 16.1. The summed E-state index contributed by atoms with van der Waals surface area (Å²) < 4.78 is 43.2. The number of amides is 1. The van der Waals surface area contributed by atoms with Crippen molar-refractivity contribution in [3.63, 3.8) is 0 Å². The molecule has 0 saturated carbocycles. The number of benzene rings is 2. The molecule has 1 heterocycles. The minimum Gasteiger partial charge on any atom is -0.378 e. The van der Waals surface area contributed by atoms with Gasteiger partial charge in [-0.25, -0.2) is 0 Å². The van der Waals surface area contributed by atoms with Gasteiger partial charge in [-0.05, 0) is 48.4 Å². The Morgan fingerprint density at radius 2 is 1.83 bits per heavy atom. The van der Waals surface area contributed by atoms with Crippen LogP contribution in [0.3, 0.4) is 0 Å². The Bertz CT molecular complexity index is 857. The molecule has 2 aromatic carbocycles. The third kappa shape index (κ3) is 5.84. The van der Waals surface area contributed by atoms with Gasteiger partial charge in [0.2, 0.25) is 5.91 Å². The van der Waals surface area contributed by atoms with Crippen molar-refractivity contribution >= 4 is 17.7 Å². The average molecular weight is 404 g/mol. The monoisotopic (exact) mass is 404 g/mol. The Morgan fingerprint density at radius 1 is 1.14 bits per heavy atom. The Labute approximate surface area is 168 Å². The van der Waals surface area contributed by atoms with Crippen molar-refractivity contribution in [2.75, 3.05) is 31.2 Å². The molecule has 29 heavy (non-hydrogen) atoms. The highest BCUT2D eigenvalue weighted by molar-refractivity contribution is 5.92. The van der Waals surface area contributed by atoms with Crippen LogP contribution in [0.1, 0.15) is 29.7 Å². The second kappa shape index (κ2) is 9.13. The van der Waals surface area contributed by atoms with Crippen molar-refractivity contribution in [1.29, 1.82) is 0 Å². The van der Waals surface area contributed by atoms with Crippen molar-refractivity contribution in [1.82, 2.24) is 5.32 Å². The maximum Gasteiger partial charge on any atom is 0.416 e. The minimum atomic E-state index is -4.37. The lowest BCUT2D eigenvalue weighted by Crippen LogP contribution is -2.36. The Kier molecular flexibility index (Phi) is 6.59. The highest BCUT2D eigenvalue weighted by atomic mass is 19.4. The number of anilines is 1. The first kappa shape index (κ1) is 20.9. The largest absolute Gasteiger partial charge is 0.416 e. The van der Waals surface area contributed by atoms with Crippen molar-refractivity contribution in [3.8, 4) is 0 Å². The van der Waals surface area contributed by atoms with Crippen molar-refractivity contribution < 1.29 is 22.7 Å². The molecule has 3 rings (SSSR count). The van der Waals surface area contributed by atoms with Crippen molar-refractivity contribution in [2.24, 2.45) is 0 Å². The van der Waals surface area contributed by atoms with Gasteiger partial charge in [0.05, 0.1) is 24.8 Å². The number of hydrogen-bond acceptors (Lipinski definition) is 3. The topological polar surface area (TPSA) is 41.6 Å². The lowest BCUT2D eigenvalue weighted by atomic mass is 10.1. The van der Waals surface area contributed by atoms with Crippen LogP contribution in [0.5, 0.6) is 0 Å². The maximum absolute atomic E-state index is 12.6. The molecule has 1 aliphatic heterocycles. The SMILES string of the molecule is CC(NC(=O)/C=C/c1ccc(C(F)(F)F)cc1)c1cccc(N2CCOCC2)c1. The van der Waals surface area contributed by atoms with E-state index >= 15 is 0 Å². The normalized spacial score (nSPS) is 16.1. The van der Waals surface area contributed by atoms with E-state index in [1.54, 1.807) is 0 Å². The predicted octanol–water partition coefficient (Wildman–Crippen LogP) is 4.43. The summed E-state index contributed by atoms with van der Waals surface area (Å²) in [6.07, 6.45) is -1.55. The third-order valence-corrected chi connectivity index (χ3v) is 4.77. The zero-order chi connectivity index (χ0) is 20.9. The standard InChI is InChI=1S/C22H23F3N2O2/c1-16(18-3-2-4-20(15-18)27-11-13-29-14-12-27)26-21(28)10-7-17-5-8-19(9-6-17)22(23,24)25/h2-10,15-16H,11-14H2,1H3,(H,26,28)/b10-7+. The van der Waals surface area contributed by atoms with Crippen LogP contribution < -0.4 is 10.2 Å². The van der Waals surface area contributed by atoms with Crippen molar-refractivity contribution in [2.45, 2.75) is 19.1 Å². The van der Waals surface area contributed by atoms with Crippen LogP contribution >= 0.6 is 0 Å². The number of morpholine rings is 1. The number of rotatable bonds is 5. The van der Waals surface area contributed by atoms with E-state index in [2.05, 4.69) is 16.3 Å². The van der Waals surface area contributed by atoms with Gasteiger partial charge in [-0.3, -0.25) is 4.79 Å². The number of hydrogen-bond donors (Lipinski definition) is 1. The molecule has 0 spiro atoms. The summed E-state index contributed by atoms with van der Waals surface area (Å²) in [6, 6.07) is 12.5. The summed E-state index contributed by atoms with van der Waals surface area (Å²) in [4.78, 5) is 14.5. The van der Waals surface area contributed by atoms with Crippen molar-refractivity contribution in [3.05, 3.63) is 71.3 Å². The molecule has 1 atom stereocenters. The zero-order valence-electron chi connectivity index (χ0n) is 16.1. The van der Waals surface area contributed by atoms with Crippen LogP contribution in [0.4, 0.5) is 18.9 Å². The predicted molar refractivity (Wildman–Crippen MR) is 107 cm³/mol. The minimum absolute atomic E-state index is 0.208. The van der Waals surface area contributed by atoms with Crippen LogP contribution in [0.25, 0.3) is 6.08 Å². The molecule has 0 radical (unpaired) electrons. The number of carbonyl (C=O) groups is 1. The molecule has 1 N–H and O–H groups in total. The van der Waals surface area contributed by atoms with Crippen LogP contribution in [0.2, 0.25) is 0 Å². The Balaban J connectivity index is 1.59. The fraction of sp³-hybridized carbons (Fsp3) is 0.318. The second-order valence-electron chi connectivity index (χ2n) is 6.88. The summed E-state index contributed by atoms with van der Waals surface area (Å²) in [5, 5.41) is 2.88. The average Bonchev–Trinajstić information content (AvgIpc) is 2.72. The van der Waals surface area contributed by atoms with E-state index < -0.39 is 11.7 Å². The smallest absolute Gasteiger partial charge is 0.378 e. The van der Waals surface area contributed by atoms with Gasteiger partial charge in [-0.15, -0.1) is 0 Å². The summed E-state index contributed by atoms with van der Waals surface area (Å²) in [7, 11) is 0. The fourth-order valence-corrected chi connectivity index (χ4v) is 3.11. The molecule has 1 amide bonds. The molecule has 0 aromatic heterocycles. The van der Waals surface area contributed by atoms with Crippen LogP contribution in [0, 0.1) is 0 Å². The number of halogens is 3. The number of carbonyl (C=O) groups excluding carboxylic acids is 1. The van der Waals surface area contributed by atoms with Gasteiger partial charge in [0.15, 0.2) is 0 Å². The quantitative estimate of drug-likeness (QED) is 0.750. The lowest BCUT2D eigenvalue weighted by molar-refractivity contribution is -0.137. The molecule has 0 aliphatic carbocycles. The Morgan fingerprint density at radius 3 is 2.48 bits per heavy atom. The van der Waals surface area contributed by atoms with E-state index in [1.165, 1.54) is 24.3 Å². The molecule has 2 aromatic rings. The molecule has 1 unspecified atom stereocenters. The molecule has 1 saturated heterocycles. The van der Waals surface area contributed by atoms with E-state index in [4.69, 9.17) is 4.74 Å². The number of alkyl halides is 3. The van der Waals surface area contributed by atoms with Gasteiger partial charge in [0.1, 0.15) is 0 Å². The molecular weight excluding hydrogens is 381 g/mol. The highest BCUT2D eigenvalue weighted by Gasteiger charge is 2.29. The Hall–Kier alpha value is -2.80. The first-order valence-electron chi connectivity index (χ1n) is 9.41. The summed E-state index contributed by atoms with van der Waals surface area (Å²) >= 11 is 0. The van der Waals surface area contributed by atoms with E-state index in [0.29, 0.717) is 18.8 Å². The van der Waals surface area contributed by atoms with Gasteiger partial charge in [-0.1, -0.05) is 24.3 Å². The molecule has 1 aliphatic rings. The van der Waals surface area contributed by atoms with E-state index in [1.807, 2.05) is 25.1 Å². The van der Waals surface area contributed by atoms with E-state index in [0.717, 1.165) is 36.5 Å². The number of nitrogens with zero attached hydrogens (tertiary/aromatic N) is 1. The summed E-state index contributed by atoms with van der Waals surface area (Å²) in [5.74, 6) is -0.311. The second-order valence-corrected chi connectivity index (χ2v) is 6.88. The molecule has 7 heteroatoms. The summed E-state index contributed by atoms with van der Waals surface area (Å²) in [5.41, 5.74) is 1.88. The summed E-state index contributed by atoms with van der Waals surface area (Å²) in [6.45, 7) is 4.96.